The molecule has 1 aromatic carbocycles. The molecule has 0 saturated carbocycles. The first-order valence-electron chi connectivity index (χ1n) is 8.79. The number of carbonyl (C=O) groups is 1. The van der Waals surface area contributed by atoms with E-state index in [4.69, 9.17) is 11.6 Å². The Bertz CT molecular complexity index is 751. The monoisotopic (exact) mass is 358 g/mol. The number of hydrogen-bond donors (Lipinski definition) is 0. The van der Waals surface area contributed by atoms with Crippen molar-refractivity contribution in [3.05, 3.63) is 64.2 Å². The lowest BCUT2D eigenvalue weighted by molar-refractivity contribution is 0.105. The summed E-state index contributed by atoms with van der Waals surface area (Å²) in [5, 5.41) is 0.269. The van der Waals surface area contributed by atoms with Crippen LogP contribution in [0.3, 0.4) is 0 Å². The standard InChI is InChI=1S/C19H21ClN2O.C2H6/c1-5-13-7-8-15(12(3)4)16(9-13)14(6-2)19(23)17-10-18(20)22-11-21-17;1-2/h6-12H,5H2,1-4H3;1-2H3/b14-6+;. The first-order chi connectivity index (χ1) is 12.0. The number of rotatable bonds is 5. The maximum absolute atomic E-state index is 12.9. The van der Waals surface area contributed by atoms with Crippen LogP contribution < -0.4 is 0 Å². The molecule has 0 aliphatic carbocycles. The SMILES string of the molecule is C/C=C(/C(=O)c1cc(Cl)ncn1)c1cc(CC)ccc1C(C)C.CC. The molecule has 0 N–H and O–H groups in total. The van der Waals surface area contributed by atoms with Crippen molar-refractivity contribution < 1.29 is 4.79 Å². The highest BCUT2D eigenvalue weighted by Gasteiger charge is 2.19. The first kappa shape index (κ1) is 21.0. The van der Waals surface area contributed by atoms with Crippen molar-refractivity contribution in [1.82, 2.24) is 9.97 Å². The fourth-order valence-electron chi connectivity index (χ4n) is 2.56. The van der Waals surface area contributed by atoms with Gasteiger partial charge in [-0.05, 0) is 36.0 Å². The minimum atomic E-state index is -0.132. The van der Waals surface area contributed by atoms with Gasteiger partial charge in [-0.2, -0.15) is 0 Å². The van der Waals surface area contributed by atoms with E-state index in [0.29, 0.717) is 17.2 Å². The van der Waals surface area contributed by atoms with Crippen LogP contribution in [0, 0.1) is 0 Å². The summed E-state index contributed by atoms with van der Waals surface area (Å²) < 4.78 is 0. The second-order valence-corrected chi connectivity index (χ2v) is 6.07. The van der Waals surface area contributed by atoms with E-state index in [1.54, 1.807) is 0 Å². The minimum absolute atomic E-state index is 0.132. The molecule has 4 heteroatoms. The molecule has 0 spiro atoms. The van der Waals surface area contributed by atoms with Gasteiger partial charge in [-0.1, -0.05) is 70.5 Å². The van der Waals surface area contributed by atoms with E-state index in [1.807, 2.05) is 26.8 Å². The molecule has 2 aromatic rings. The molecule has 0 bridgehead atoms. The smallest absolute Gasteiger partial charge is 0.211 e. The molecule has 1 heterocycles. The van der Waals surface area contributed by atoms with Gasteiger partial charge in [-0.15, -0.1) is 0 Å². The lowest BCUT2D eigenvalue weighted by Gasteiger charge is -2.16. The van der Waals surface area contributed by atoms with E-state index < -0.39 is 0 Å². The molecule has 0 fully saturated rings. The van der Waals surface area contributed by atoms with Crippen molar-refractivity contribution in [3.8, 4) is 0 Å². The summed E-state index contributed by atoms with van der Waals surface area (Å²) in [6.45, 7) is 12.2. The Hall–Kier alpha value is -2.00. The lowest BCUT2D eigenvalue weighted by Crippen LogP contribution is -2.08. The van der Waals surface area contributed by atoms with Crippen LogP contribution >= 0.6 is 11.6 Å². The molecule has 0 amide bonds. The highest BCUT2D eigenvalue weighted by atomic mass is 35.5. The average Bonchev–Trinajstić information content (AvgIpc) is 2.63. The zero-order chi connectivity index (χ0) is 19.0. The van der Waals surface area contributed by atoms with Crippen molar-refractivity contribution in [2.45, 2.75) is 53.9 Å². The second kappa shape index (κ2) is 10.1. The molecule has 0 unspecified atom stereocenters. The Morgan fingerprint density at radius 3 is 2.40 bits per heavy atom. The van der Waals surface area contributed by atoms with Crippen LogP contribution in [-0.2, 0) is 6.42 Å². The first-order valence-corrected chi connectivity index (χ1v) is 9.17. The number of aromatic nitrogens is 2. The molecule has 2 rings (SSSR count). The fraction of sp³-hybridized carbons (Fsp3) is 0.381. The van der Waals surface area contributed by atoms with Gasteiger partial charge in [0.15, 0.2) is 0 Å². The highest BCUT2D eigenvalue weighted by molar-refractivity contribution is 6.32. The molecular formula is C21H27ClN2O. The number of benzene rings is 1. The predicted octanol–water partition coefficient (Wildman–Crippen LogP) is 6.13. The minimum Gasteiger partial charge on any atom is -0.287 e. The summed E-state index contributed by atoms with van der Waals surface area (Å²) in [6, 6.07) is 7.85. The van der Waals surface area contributed by atoms with Gasteiger partial charge in [0.25, 0.3) is 0 Å². The van der Waals surface area contributed by atoms with Crippen LogP contribution in [0.2, 0.25) is 5.15 Å². The number of halogens is 1. The predicted molar refractivity (Wildman–Crippen MR) is 106 cm³/mol. The number of Topliss-reactive ketones (excluding diaryl/α,β-unsaturated/α-hetero) is 1. The molecule has 25 heavy (non-hydrogen) atoms. The topological polar surface area (TPSA) is 42.9 Å². The average molecular weight is 359 g/mol. The molecular weight excluding hydrogens is 332 g/mol. The van der Waals surface area contributed by atoms with E-state index in [1.165, 1.54) is 18.0 Å². The van der Waals surface area contributed by atoms with Crippen molar-refractivity contribution in [2.24, 2.45) is 0 Å². The molecule has 3 nitrogen and oxygen atoms in total. The number of nitrogens with zero attached hydrogens (tertiary/aromatic N) is 2. The Morgan fingerprint density at radius 2 is 1.88 bits per heavy atom. The summed E-state index contributed by atoms with van der Waals surface area (Å²) >= 11 is 5.89. The maximum Gasteiger partial charge on any atom is 0.211 e. The van der Waals surface area contributed by atoms with Crippen LogP contribution in [0.1, 0.15) is 74.6 Å². The Balaban J connectivity index is 0.00000151. The van der Waals surface area contributed by atoms with Crippen LogP contribution in [-0.4, -0.2) is 15.8 Å². The Morgan fingerprint density at radius 1 is 1.20 bits per heavy atom. The third-order valence-corrected chi connectivity index (χ3v) is 4.04. The van der Waals surface area contributed by atoms with Gasteiger partial charge in [0, 0.05) is 11.6 Å². The van der Waals surface area contributed by atoms with Gasteiger partial charge in [0.2, 0.25) is 5.78 Å². The molecule has 134 valence electrons. The normalized spacial score (nSPS) is 11.1. The molecule has 0 aliphatic heterocycles. The van der Waals surface area contributed by atoms with Crippen LogP contribution in [0.4, 0.5) is 0 Å². The van der Waals surface area contributed by atoms with E-state index >= 15 is 0 Å². The van der Waals surface area contributed by atoms with Gasteiger partial charge in [-0.3, -0.25) is 4.79 Å². The molecule has 0 aliphatic rings. The van der Waals surface area contributed by atoms with Gasteiger partial charge in [0.05, 0.1) is 0 Å². The number of carbonyl (C=O) groups excluding carboxylic acids is 1. The number of ketones is 1. The largest absolute Gasteiger partial charge is 0.287 e. The molecule has 0 atom stereocenters. The fourth-order valence-corrected chi connectivity index (χ4v) is 2.71. The van der Waals surface area contributed by atoms with Gasteiger partial charge in [0.1, 0.15) is 17.2 Å². The van der Waals surface area contributed by atoms with E-state index in [-0.39, 0.29) is 10.9 Å². The maximum atomic E-state index is 12.9. The van der Waals surface area contributed by atoms with E-state index in [9.17, 15) is 4.79 Å². The summed E-state index contributed by atoms with van der Waals surface area (Å²) in [5.41, 5.74) is 4.30. The number of aryl methyl sites for hydroxylation is 1. The quantitative estimate of drug-likeness (QED) is 0.367. The summed E-state index contributed by atoms with van der Waals surface area (Å²) in [6.07, 6.45) is 4.09. The van der Waals surface area contributed by atoms with Gasteiger partial charge < -0.3 is 0 Å². The second-order valence-electron chi connectivity index (χ2n) is 5.69. The number of hydrogen-bond acceptors (Lipinski definition) is 3. The van der Waals surface area contributed by atoms with Crippen molar-refractivity contribution in [3.63, 3.8) is 0 Å². The Kier molecular flexibility index (Phi) is 8.50. The summed E-state index contributed by atoms with van der Waals surface area (Å²) in [7, 11) is 0. The Labute approximate surface area is 156 Å². The lowest BCUT2D eigenvalue weighted by atomic mass is 9.88. The zero-order valence-electron chi connectivity index (χ0n) is 15.9. The van der Waals surface area contributed by atoms with Crippen molar-refractivity contribution in [2.75, 3.05) is 0 Å². The van der Waals surface area contributed by atoms with Gasteiger partial charge in [-0.25, -0.2) is 9.97 Å². The number of allylic oxidation sites excluding steroid dienone is 2. The van der Waals surface area contributed by atoms with Crippen molar-refractivity contribution in [1.29, 1.82) is 0 Å². The van der Waals surface area contributed by atoms with Gasteiger partial charge >= 0.3 is 0 Å². The molecule has 0 saturated heterocycles. The van der Waals surface area contributed by atoms with E-state index in [2.05, 4.69) is 48.9 Å². The third-order valence-electron chi connectivity index (χ3n) is 3.84. The third kappa shape index (κ3) is 5.23. The summed E-state index contributed by atoms with van der Waals surface area (Å²) in [4.78, 5) is 20.8. The zero-order valence-corrected chi connectivity index (χ0v) is 16.7. The van der Waals surface area contributed by atoms with E-state index in [0.717, 1.165) is 17.5 Å². The summed E-state index contributed by atoms with van der Waals surface area (Å²) in [5.74, 6) is 0.194. The van der Waals surface area contributed by atoms with Crippen LogP contribution in [0.15, 0.2) is 36.7 Å². The van der Waals surface area contributed by atoms with Crippen LogP contribution in [0.5, 0.6) is 0 Å². The van der Waals surface area contributed by atoms with Crippen molar-refractivity contribution >= 4 is 23.0 Å². The molecule has 0 radical (unpaired) electrons. The van der Waals surface area contributed by atoms with Crippen LogP contribution in [0.25, 0.3) is 5.57 Å². The molecule has 1 aromatic heterocycles. The highest BCUT2D eigenvalue weighted by Crippen LogP contribution is 2.29.